The van der Waals surface area contributed by atoms with E-state index in [1.54, 1.807) is 0 Å². The van der Waals surface area contributed by atoms with E-state index in [1.807, 2.05) is 30.3 Å². The summed E-state index contributed by atoms with van der Waals surface area (Å²) >= 11 is 0. The molecule has 1 aromatic carbocycles. The van der Waals surface area contributed by atoms with Gasteiger partial charge in [0.25, 0.3) is 0 Å². The van der Waals surface area contributed by atoms with Crippen molar-refractivity contribution in [3.05, 3.63) is 35.9 Å². The van der Waals surface area contributed by atoms with Crippen molar-refractivity contribution in [2.24, 2.45) is 23.7 Å². The van der Waals surface area contributed by atoms with E-state index >= 15 is 0 Å². The first-order chi connectivity index (χ1) is 11.5. The van der Waals surface area contributed by atoms with E-state index in [2.05, 4.69) is 19.2 Å². The van der Waals surface area contributed by atoms with Crippen LogP contribution in [0.5, 0.6) is 0 Å². The first kappa shape index (κ1) is 18.5. The molecule has 1 aromatic rings. The molecule has 0 bridgehead atoms. The number of aliphatic carboxylic acids is 1. The largest absolute Gasteiger partial charge is 0.481 e. The van der Waals surface area contributed by atoms with Crippen molar-refractivity contribution in [2.45, 2.75) is 46.0 Å². The van der Waals surface area contributed by atoms with Gasteiger partial charge in [-0.3, -0.25) is 9.59 Å². The van der Waals surface area contributed by atoms with Crippen LogP contribution in [0.1, 0.15) is 45.1 Å². The molecule has 0 radical (unpaired) electrons. The Balaban J connectivity index is 1.81. The lowest BCUT2D eigenvalue weighted by Gasteiger charge is -2.30. The number of hydrogen-bond acceptors (Lipinski definition) is 2. The maximum absolute atomic E-state index is 12.4. The van der Waals surface area contributed by atoms with E-state index in [4.69, 9.17) is 0 Å². The second kappa shape index (κ2) is 8.86. The zero-order valence-electron chi connectivity index (χ0n) is 14.7. The highest BCUT2D eigenvalue weighted by Crippen LogP contribution is 2.33. The molecule has 0 saturated heterocycles. The maximum Gasteiger partial charge on any atom is 0.308 e. The first-order valence-electron chi connectivity index (χ1n) is 9.01. The molecule has 1 aliphatic rings. The number of carboxylic acid groups (broad SMARTS) is 1. The third kappa shape index (κ3) is 5.36. The van der Waals surface area contributed by atoms with Crippen LogP contribution in [-0.2, 0) is 16.0 Å². The van der Waals surface area contributed by atoms with E-state index in [0.717, 1.165) is 37.2 Å². The Morgan fingerprint density at radius 2 is 1.75 bits per heavy atom. The summed E-state index contributed by atoms with van der Waals surface area (Å²) in [5.41, 5.74) is 0.983. The van der Waals surface area contributed by atoms with Crippen molar-refractivity contribution >= 4 is 11.9 Å². The maximum atomic E-state index is 12.4. The van der Waals surface area contributed by atoms with E-state index in [-0.39, 0.29) is 18.4 Å². The van der Waals surface area contributed by atoms with Gasteiger partial charge >= 0.3 is 5.97 Å². The van der Waals surface area contributed by atoms with Gasteiger partial charge in [0.15, 0.2) is 0 Å². The standard InChI is InChI=1S/C20H29NO3/c1-14(2)16-8-10-17(11-9-16)19(22)21-13-18(20(23)24)12-15-6-4-3-5-7-15/h3-7,14,16-18H,8-13H2,1-2H3,(H,21,22)(H,23,24)/t16-,17-,18-/m0/s1. The Kier molecular flexibility index (Phi) is 6.83. The minimum atomic E-state index is -0.859. The molecule has 132 valence electrons. The summed E-state index contributed by atoms with van der Waals surface area (Å²) in [7, 11) is 0. The van der Waals surface area contributed by atoms with E-state index in [9.17, 15) is 14.7 Å². The normalized spacial score (nSPS) is 22.1. The Morgan fingerprint density at radius 1 is 1.12 bits per heavy atom. The van der Waals surface area contributed by atoms with Gasteiger partial charge in [-0.15, -0.1) is 0 Å². The lowest BCUT2D eigenvalue weighted by molar-refractivity contribution is -0.141. The molecular weight excluding hydrogens is 302 g/mol. The van der Waals surface area contributed by atoms with Crippen LogP contribution < -0.4 is 5.32 Å². The van der Waals surface area contributed by atoms with Crippen LogP contribution in [0.2, 0.25) is 0 Å². The van der Waals surface area contributed by atoms with Crippen molar-refractivity contribution in [2.75, 3.05) is 6.54 Å². The summed E-state index contributed by atoms with van der Waals surface area (Å²) in [6.45, 7) is 4.69. The summed E-state index contributed by atoms with van der Waals surface area (Å²) in [6, 6.07) is 9.56. The topological polar surface area (TPSA) is 66.4 Å². The molecule has 1 fully saturated rings. The molecule has 4 nitrogen and oxygen atoms in total. The van der Waals surface area contributed by atoms with E-state index in [0.29, 0.717) is 12.3 Å². The van der Waals surface area contributed by atoms with Crippen LogP contribution in [0, 0.1) is 23.7 Å². The number of amides is 1. The first-order valence-corrected chi connectivity index (χ1v) is 9.01. The molecule has 1 amide bonds. The number of nitrogens with one attached hydrogen (secondary N) is 1. The SMILES string of the molecule is CC(C)[C@H]1CC[C@H](C(=O)NC[C@H](Cc2ccccc2)C(=O)O)CC1. The third-order valence-corrected chi connectivity index (χ3v) is 5.28. The molecule has 0 aromatic heterocycles. The molecule has 24 heavy (non-hydrogen) atoms. The van der Waals surface area contributed by atoms with Gasteiger partial charge in [-0.25, -0.2) is 0 Å². The second-order valence-electron chi connectivity index (χ2n) is 7.33. The van der Waals surface area contributed by atoms with Crippen molar-refractivity contribution in [3.63, 3.8) is 0 Å². The van der Waals surface area contributed by atoms with Gasteiger partial charge in [-0.05, 0) is 49.5 Å². The number of hydrogen-bond donors (Lipinski definition) is 2. The van der Waals surface area contributed by atoms with Gasteiger partial charge in [0.1, 0.15) is 0 Å². The summed E-state index contributed by atoms with van der Waals surface area (Å²) in [4.78, 5) is 23.8. The van der Waals surface area contributed by atoms with E-state index in [1.165, 1.54) is 0 Å². The minimum Gasteiger partial charge on any atom is -0.481 e. The summed E-state index contributed by atoms with van der Waals surface area (Å²) in [5, 5.41) is 12.3. The average Bonchev–Trinajstić information content (AvgIpc) is 2.59. The molecule has 2 rings (SSSR count). The van der Waals surface area contributed by atoms with Crippen LogP contribution in [0.3, 0.4) is 0 Å². The van der Waals surface area contributed by atoms with Crippen molar-refractivity contribution in [3.8, 4) is 0 Å². The van der Waals surface area contributed by atoms with Crippen LogP contribution in [-0.4, -0.2) is 23.5 Å². The summed E-state index contributed by atoms with van der Waals surface area (Å²) in [6.07, 6.45) is 4.48. The Labute approximate surface area is 144 Å². The Bertz CT molecular complexity index is 533. The number of carboxylic acids is 1. The Morgan fingerprint density at radius 3 is 2.29 bits per heavy atom. The molecular formula is C20H29NO3. The number of carbonyl (C=O) groups is 2. The van der Waals surface area contributed by atoms with Gasteiger partial charge < -0.3 is 10.4 Å². The molecule has 1 aliphatic carbocycles. The van der Waals surface area contributed by atoms with Gasteiger partial charge in [-0.2, -0.15) is 0 Å². The monoisotopic (exact) mass is 331 g/mol. The zero-order chi connectivity index (χ0) is 17.5. The fourth-order valence-corrected chi connectivity index (χ4v) is 3.56. The third-order valence-electron chi connectivity index (χ3n) is 5.28. The quantitative estimate of drug-likeness (QED) is 0.803. The summed E-state index contributed by atoms with van der Waals surface area (Å²) in [5.74, 6) is 0.0314. The van der Waals surface area contributed by atoms with E-state index < -0.39 is 11.9 Å². The average molecular weight is 331 g/mol. The summed E-state index contributed by atoms with van der Waals surface area (Å²) < 4.78 is 0. The molecule has 1 saturated carbocycles. The molecule has 0 spiro atoms. The van der Waals surface area contributed by atoms with Crippen LogP contribution >= 0.6 is 0 Å². The van der Waals surface area contributed by atoms with Gasteiger partial charge in [0.2, 0.25) is 5.91 Å². The van der Waals surface area contributed by atoms with Gasteiger partial charge in [0.05, 0.1) is 5.92 Å². The molecule has 0 heterocycles. The second-order valence-corrected chi connectivity index (χ2v) is 7.33. The van der Waals surface area contributed by atoms with Crippen LogP contribution in [0.4, 0.5) is 0 Å². The zero-order valence-corrected chi connectivity index (χ0v) is 14.7. The van der Waals surface area contributed by atoms with Crippen molar-refractivity contribution in [1.29, 1.82) is 0 Å². The molecule has 1 atom stereocenters. The fraction of sp³-hybridized carbons (Fsp3) is 0.600. The molecule has 4 heteroatoms. The van der Waals surface area contributed by atoms with Gasteiger partial charge in [0, 0.05) is 12.5 Å². The smallest absolute Gasteiger partial charge is 0.308 e. The Hall–Kier alpha value is -1.84. The highest BCUT2D eigenvalue weighted by atomic mass is 16.4. The lowest BCUT2D eigenvalue weighted by atomic mass is 9.76. The fourth-order valence-electron chi connectivity index (χ4n) is 3.56. The van der Waals surface area contributed by atoms with Crippen LogP contribution in [0.25, 0.3) is 0 Å². The molecule has 0 unspecified atom stereocenters. The highest BCUT2D eigenvalue weighted by Gasteiger charge is 2.28. The predicted molar refractivity (Wildman–Crippen MR) is 94.6 cm³/mol. The van der Waals surface area contributed by atoms with Crippen LogP contribution in [0.15, 0.2) is 30.3 Å². The number of carbonyl (C=O) groups excluding carboxylic acids is 1. The van der Waals surface area contributed by atoms with Gasteiger partial charge in [-0.1, -0.05) is 44.2 Å². The van der Waals surface area contributed by atoms with Crippen molar-refractivity contribution in [1.82, 2.24) is 5.32 Å². The number of rotatable bonds is 7. The molecule has 2 N–H and O–H groups in total. The lowest BCUT2D eigenvalue weighted by Crippen LogP contribution is -2.39. The highest BCUT2D eigenvalue weighted by molar-refractivity contribution is 5.79. The minimum absolute atomic E-state index is 0.0246. The van der Waals surface area contributed by atoms with Crippen molar-refractivity contribution < 1.29 is 14.7 Å². The number of benzene rings is 1. The molecule has 0 aliphatic heterocycles. The predicted octanol–water partition coefficient (Wildman–Crippen LogP) is 3.51.